The Kier molecular flexibility index (Phi) is 6.62. The quantitative estimate of drug-likeness (QED) is 0.463. The number of nitrogens with one attached hydrogen (secondary N) is 1. The Bertz CT molecular complexity index is 1300. The summed E-state index contributed by atoms with van der Waals surface area (Å²) in [6.45, 7) is 2.75. The lowest BCUT2D eigenvalue weighted by atomic mass is 9.86. The topological polar surface area (TPSA) is 104 Å². The van der Waals surface area contributed by atoms with E-state index in [1.807, 2.05) is 19.1 Å². The number of nitrogens with two attached hydrogens (primary N) is 1. The summed E-state index contributed by atoms with van der Waals surface area (Å²) in [6, 6.07) is 15.8. The maximum Gasteiger partial charge on any atom is 0.337 e. The van der Waals surface area contributed by atoms with E-state index in [2.05, 4.69) is 22.1 Å². The number of pyridine rings is 1. The van der Waals surface area contributed by atoms with E-state index in [4.69, 9.17) is 15.2 Å². The fraction of sp³-hybridized carbons (Fsp3) is 0.222. The van der Waals surface area contributed by atoms with Crippen LogP contribution < -0.4 is 15.8 Å². The molecule has 2 heterocycles. The van der Waals surface area contributed by atoms with E-state index in [1.165, 1.54) is 7.11 Å². The van der Waals surface area contributed by atoms with E-state index in [0.717, 1.165) is 16.9 Å². The Morgan fingerprint density at radius 3 is 2.71 bits per heavy atom. The van der Waals surface area contributed by atoms with Crippen LogP contribution in [0.15, 0.2) is 60.8 Å². The minimum absolute atomic E-state index is 0.220. The van der Waals surface area contributed by atoms with Gasteiger partial charge in [-0.05, 0) is 55.5 Å². The highest BCUT2D eigenvalue weighted by Crippen LogP contribution is 2.35. The van der Waals surface area contributed by atoms with Crippen LogP contribution in [0.3, 0.4) is 0 Å². The molecule has 4 rings (SSSR count). The van der Waals surface area contributed by atoms with Crippen molar-refractivity contribution in [3.05, 3.63) is 94.3 Å². The molecule has 0 spiro atoms. The molecule has 0 unspecified atom stereocenters. The van der Waals surface area contributed by atoms with E-state index < -0.39 is 11.5 Å². The summed E-state index contributed by atoms with van der Waals surface area (Å²) in [5.41, 5.74) is 9.75. The first-order valence-corrected chi connectivity index (χ1v) is 10.9. The third kappa shape index (κ3) is 5.25. The standard InChI is InChI=1S/C27H25N3O4/c1-27(28)11-13-34-24-9-8-20(16-23(24)27)25(31)30-17-22-15-19(10-12-29-22)7-6-18-4-3-5-21(14-18)26(32)33-2/h3-5,8-10,12,14-16H,11,13,17,28H2,1-2H3,(H,30,31)/t27-/m1/s1. The Labute approximate surface area is 198 Å². The molecule has 0 aliphatic carbocycles. The number of esters is 1. The summed E-state index contributed by atoms with van der Waals surface area (Å²) in [5, 5.41) is 2.89. The van der Waals surface area contributed by atoms with Crippen LogP contribution in [-0.4, -0.2) is 30.6 Å². The van der Waals surface area contributed by atoms with Gasteiger partial charge in [-0.3, -0.25) is 9.78 Å². The van der Waals surface area contributed by atoms with Gasteiger partial charge < -0.3 is 20.5 Å². The SMILES string of the molecule is COC(=O)c1cccc(C#Cc2ccnc(CNC(=O)c3ccc4c(c3)[C@](C)(N)CCO4)c2)c1. The summed E-state index contributed by atoms with van der Waals surface area (Å²) in [5.74, 6) is 6.19. The van der Waals surface area contributed by atoms with Gasteiger partial charge in [0.25, 0.3) is 5.91 Å². The van der Waals surface area contributed by atoms with E-state index in [0.29, 0.717) is 35.4 Å². The van der Waals surface area contributed by atoms with Crippen molar-refractivity contribution in [1.29, 1.82) is 0 Å². The molecule has 1 aromatic heterocycles. The molecule has 34 heavy (non-hydrogen) atoms. The smallest absolute Gasteiger partial charge is 0.337 e. The predicted molar refractivity (Wildman–Crippen MR) is 127 cm³/mol. The van der Waals surface area contributed by atoms with Crippen LogP contribution in [0.4, 0.5) is 0 Å². The summed E-state index contributed by atoms with van der Waals surface area (Å²) >= 11 is 0. The predicted octanol–water partition coefficient (Wildman–Crippen LogP) is 3.15. The number of benzene rings is 2. The van der Waals surface area contributed by atoms with Gasteiger partial charge in [-0.2, -0.15) is 0 Å². The minimum Gasteiger partial charge on any atom is -0.493 e. The van der Waals surface area contributed by atoms with Gasteiger partial charge in [0.05, 0.1) is 31.5 Å². The molecule has 7 heteroatoms. The second-order valence-corrected chi connectivity index (χ2v) is 8.27. The lowest BCUT2D eigenvalue weighted by molar-refractivity contribution is 0.0600. The number of fused-ring (bicyclic) bond motifs is 1. The average Bonchev–Trinajstić information content (AvgIpc) is 2.85. The summed E-state index contributed by atoms with van der Waals surface area (Å²) in [6.07, 6.45) is 2.34. The molecule has 1 aliphatic heterocycles. The van der Waals surface area contributed by atoms with Crippen LogP contribution in [0.5, 0.6) is 5.75 Å². The van der Waals surface area contributed by atoms with Gasteiger partial charge in [0.15, 0.2) is 0 Å². The summed E-state index contributed by atoms with van der Waals surface area (Å²) in [4.78, 5) is 28.7. The van der Waals surface area contributed by atoms with Gasteiger partial charge >= 0.3 is 5.97 Å². The molecule has 0 saturated heterocycles. The van der Waals surface area contributed by atoms with Gasteiger partial charge in [-0.15, -0.1) is 0 Å². The first-order chi connectivity index (χ1) is 16.4. The molecule has 1 amide bonds. The number of nitrogens with zero attached hydrogens (tertiary/aromatic N) is 1. The Balaban J connectivity index is 1.44. The number of amides is 1. The number of carbonyl (C=O) groups excluding carboxylic acids is 2. The van der Waals surface area contributed by atoms with Crippen LogP contribution in [0.2, 0.25) is 0 Å². The second kappa shape index (κ2) is 9.77. The number of ether oxygens (including phenoxy) is 2. The van der Waals surface area contributed by atoms with Gasteiger partial charge in [-0.1, -0.05) is 17.9 Å². The molecule has 172 valence electrons. The normalized spacial score (nSPS) is 16.3. The van der Waals surface area contributed by atoms with Crippen LogP contribution in [0.25, 0.3) is 0 Å². The molecular weight excluding hydrogens is 430 g/mol. The van der Waals surface area contributed by atoms with Crippen molar-refractivity contribution in [2.75, 3.05) is 13.7 Å². The number of aromatic nitrogens is 1. The molecule has 7 nitrogen and oxygen atoms in total. The van der Waals surface area contributed by atoms with E-state index >= 15 is 0 Å². The Morgan fingerprint density at radius 1 is 1.12 bits per heavy atom. The lowest BCUT2D eigenvalue weighted by Gasteiger charge is -2.32. The number of hydrogen-bond acceptors (Lipinski definition) is 6. The third-order valence-corrected chi connectivity index (χ3v) is 5.62. The second-order valence-electron chi connectivity index (χ2n) is 8.27. The molecule has 3 N–H and O–H groups in total. The molecule has 3 aromatic rings. The molecule has 0 saturated carbocycles. The number of hydrogen-bond donors (Lipinski definition) is 2. The number of methoxy groups -OCH3 is 1. The zero-order valence-corrected chi connectivity index (χ0v) is 19.1. The average molecular weight is 456 g/mol. The fourth-order valence-electron chi connectivity index (χ4n) is 3.66. The zero-order chi connectivity index (χ0) is 24.1. The maximum atomic E-state index is 12.7. The summed E-state index contributed by atoms with van der Waals surface area (Å²) < 4.78 is 10.4. The van der Waals surface area contributed by atoms with Crippen molar-refractivity contribution in [3.63, 3.8) is 0 Å². The summed E-state index contributed by atoms with van der Waals surface area (Å²) in [7, 11) is 1.34. The van der Waals surface area contributed by atoms with Crippen molar-refractivity contribution in [2.24, 2.45) is 5.73 Å². The molecule has 2 aromatic carbocycles. The van der Waals surface area contributed by atoms with Crippen molar-refractivity contribution < 1.29 is 19.1 Å². The van der Waals surface area contributed by atoms with E-state index in [-0.39, 0.29) is 12.5 Å². The van der Waals surface area contributed by atoms with Gasteiger partial charge in [0, 0.05) is 40.4 Å². The van der Waals surface area contributed by atoms with Crippen molar-refractivity contribution >= 4 is 11.9 Å². The Hall–Kier alpha value is -4.15. The first kappa shape index (κ1) is 23.0. The van der Waals surface area contributed by atoms with Gasteiger partial charge in [-0.25, -0.2) is 4.79 Å². The van der Waals surface area contributed by atoms with Gasteiger partial charge in [0.2, 0.25) is 0 Å². The van der Waals surface area contributed by atoms with Crippen LogP contribution in [0.1, 0.15) is 56.4 Å². The van der Waals surface area contributed by atoms with Crippen molar-refractivity contribution in [1.82, 2.24) is 10.3 Å². The Morgan fingerprint density at radius 2 is 1.91 bits per heavy atom. The van der Waals surface area contributed by atoms with Crippen LogP contribution >= 0.6 is 0 Å². The minimum atomic E-state index is -0.533. The van der Waals surface area contributed by atoms with Crippen molar-refractivity contribution in [2.45, 2.75) is 25.4 Å². The monoisotopic (exact) mass is 455 g/mol. The largest absolute Gasteiger partial charge is 0.493 e. The van der Waals surface area contributed by atoms with E-state index in [9.17, 15) is 9.59 Å². The van der Waals surface area contributed by atoms with E-state index in [1.54, 1.807) is 48.7 Å². The molecule has 1 aliphatic rings. The molecular formula is C27H25N3O4. The highest BCUT2D eigenvalue weighted by Gasteiger charge is 2.30. The number of rotatable bonds is 4. The van der Waals surface area contributed by atoms with Crippen LogP contribution in [0, 0.1) is 11.8 Å². The highest BCUT2D eigenvalue weighted by atomic mass is 16.5. The fourth-order valence-corrected chi connectivity index (χ4v) is 3.66. The maximum absolute atomic E-state index is 12.7. The molecule has 0 fully saturated rings. The highest BCUT2D eigenvalue weighted by molar-refractivity contribution is 5.94. The zero-order valence-electron chi connectivity index (χ0n) is 19.1. The van der Waals surface area contributed by atoms with Crippen molar-refractivity contribution in [3.8, 4) is 17.6 Å². The van der Waals surface area contributed by atoms with Gasteiger partial charge in [0.1, 0.15) is 5.75 Å². The lowest BCUT2D eigenvalue weighted by Crippen LogP contribution is -2.38. The third-order valence-electron chi connectivity index (χ3n) is 5.62. The van der Waals surface area contributed by atoms with Crippen LogP contribution in [-0.2, 0) is 16.8 Å². The molecule has 0 bridgehead atoms. The number of carbonyl (C=O) groups is 2. The molecule has 0 radical (unpaired) electrons. The molecule has 1 atom stereocenters. The first-order valence-electron chi connectivity index (χ1n) is 10.9.